The van der Waals surface area contributed by atoms with E-state index in [1.807, 2.05) is 0 Å². The molecule has 2 rings (SSSR count). The molecule has 2 heterocycles. The molecule has 0 aliphatic carbocycles. The van der Waals surface area contributed by atoms with Crippen molar-refractivity contribution in [3.05, 3.63) is 33.2 Å². The number of aromatic amines is 1. The van der Waals surface area contributed by atoms with E-state index in [1.54, 1.807) is 0 Å². The summed E-state index contributed by atoms with van der Waals surface area (Å²) in [5.74, 6) is -1.74. The highest BCUT2D eigenvalue weighted by molar-refractivity contribution is 7.90. The Morgan fingerprint density at radius 2 is 2.12 bits per heavy atom. The third kappa shape index (κ3) is 1.73. The Labute approximate surface area is 90.8 Å². The van der Waals surface area contributed by atoms with Gasteiger partial charge in [0.1, 0.15) is 5.56 Å². The molecule has 0 unspecified atom stereocenters. The van der Waals surface area contributed by atoms with E-state index in [0.29, 0.717) is 5.69 Å². The van der Waals surface area contributed by atoms with Crippen molar-refractivity contribution in [2.45, 2.75) is 12.2 Å². The third-order valence-corrected chi connectivity index (χ3v) is 4.09. The summed E-state index contributed by atoms with van der Waals surface area (Å²) in [6.07, 6.45) is 1.34. The highest BCUT2D eigenvalue weighted by Crippen LogP contribution is 2.15. The predicted octanol–water partition coefficient (Wildman–Crippen LogP) is -0.456. The number of sulfone groups is 1. The third-order valence-electron chi connectivity index (χ3n) is 2.53. The van der Waals surface area contributed by atoms with Crippen molar-refractivity contribution in [3.8, 4) is 0 Å². The minimum atomic E-state index is -3.27. The molecule has 0 spiro atoms. The number of aryl methyl sites for hydroxylation is 1. The zero-order chi connectivity index (χ0) is 11.9. The first-order valence-electron chi connectivity index (χ1n) is 4.58. The zero-order valence-electron chi connectivity index (χ0n) is 8.19. The lowest BCUT2D eigenvalue weighted by Gasteiger charge is -2.15. The number of pyridine rings is 1. The van der Waals surface area contributed by atoms with Gasteiger partial charge in [0, 0.05) is 23.9 Å². The average molecular weight is 243 g/mol. The van der Waals surface area contributed by atoms with Gasteiger partial charge in [-0.2, -0.15) is 0 Å². The standard InChI is InChI=1S/C9H9NO5S/c11-8-5(9(12)13)3-10-7-1-2-16(14,15)4-6(7)8/h3H,1-2,4H2,(H,10,11)(H,12,13). The molecule has 0 amide bonds. The molecule has 1 aliphatic heterocycles. The second-order valence-corrected chi connectivity index (χ2v) is 5.82. The maximum absolute atomic E-state index is 11.7. The Kier molecular flexibility index (Phi) is 2.34. The fourth-order valence-electron chi connectivity index (χ4n) is 1.70. The highest BCUT2D eigenvalue weighted by atomic mass is 32.2. The van der Waals surface area contributed by atoms with Crippen LogP contribution in [0, 0.1) is 0 Å². The Balaban J connectivity index is 2.66. The summed E-state index contributed by atoms with van der Waals surface area (Å²) in [7, 11) is -3.27. The first kappa shape index (κ1) is 10.9. The van der Waals surface area contributed by atoms with Crippen LogP contribution in [-0.2, 0) is 22.0 Å². The molecule has 1 aromatic rings. The van der Waals surface area contributed by atoms with E-state index in [1.165, 1.54) is 0 Å². The number of carboxylic acids is 1. The summed E-state index contributed by atoms with van der Waals surface area (Å²) >= 11 is 0. The maximum Gasteiger partial charge on any atom is 0.341 e. The van der Waals surface area contributed by atoms with Gasteiger partial charge in [0.2, 0.25) is 5.43 Å². The molecule has 0 radical (unpaired) electrons. The summed E-state index contributed by atoms with van der Waals surface area (Å²) in [6.45, 7) is 0. The van der Waals surface area contributed by atoms with Gasteiger partial charge in [-0.05, 0) is 0 Å². The smallest absolute Gasteiger partial charge is 0.341 e. The summed E-state index contributed by atoms with van der Waals surface area (Å²) in [5.41, 5.74) is -0.545. The Bertz CT molecular complexity index is 613. The van der Waals surface area contributed by atoms with Crippen LogP contribution in [0.5, 0.6) is 0 Å². The average Bonchev–Trinajstić information content (AvgIpc) is 2.18. The predicted molar refractivity (Wildman–Crippen MR) is 55.2 cm³/mol. The van der Waals surface area contributed by atoms with Crippen molar-refractivity contribution in [1.82, 2.24) is 4.98 Å². The molecule has 0 fully saturated rings. The van der Waals surface area contributed by atoms with Gasteiger partial charge in [0.15, 0.2) is 9.84 Å². The minimum Gasteiger partial charge on any atom is -0.477 e. The van der Waals surface area contributed by atoms with E-state index >= 15 is 0 Å². The molecule has 1 aliphatic rings. The molecule has 1 aromatic heterocycles. The number of carbonyl (C=O) groups is 1. The monoisotopic (exact) mass is 243 g/mol. The molecule has 86 valence electrons. The lowest BCUT2D eigenvalue weighted by molar-refractivity contribution is 0.0695. The summed E-state index contributed by atoms with van der Waals surface area (Å²) in [4.78, 5) is 25.0. The molecule has 2 N–H and O–H groups in total. The molecule has 0 aromatic carbocycles. The van der Waals surface area contributed by atoms with E-state index in [-0.39, 0.29) is 23.5 Å². The van der Waals surface area contributed by atoms with Crippen LogP contribution in [0.3, 0.4) is 0 Å². The van der Waals surface area contributed by atoms with Gasteiger partial charge in [-0.25, -0.2) is 13.2 Å². The quantitative estimate of drug-likeness (QED) is 0.694. The van der Waals surface area contributed by atoms with Crippen molar-refractivity contribution in [2.24, 2.45) is 0 Å². The van der Waals surface area contributed by atoms with Gasteiger partial charge in [0.05, 0.1) is 11.5 Å². The molecule has 6 nitrogen and oxygen atoms in total. The molecule has 0 saturated carbocycles. The van der Waals surface area contributed by atoms with Crippen LogP contribution in [0.4, 0.5) is 0 Å². The number of rotatable bonds is 1. The van der Waals surface area contributed by atoms with E-state index in [0.717, 1.165) is 6.20 Å². The first-order chi connectivity index (χ1) is 7.41. The first-order valence-corrected chi connectivity index (χ1v) is 6.40. The normalized spacial score (nSPS) is 17.8. The number of aromatic carboxylic acids is 1. The topological polar surface area (TPSA) is 104 Å². The fourth-order valence-corrected chi connectivity index (χ4v) is 3.10. The molecule has 7 heteroatoms. The van der Waals surface area contributed by atoms with Gasteiger partial charge in [-0.1, -0.05) is 0 Å². The van der Waals surface area contributed by atoms with Crippen LogP contribution >= 0.6 is 0 Å². The zero-order valence-corrected chi connectivity index (χ0v) is 9.00. The van der Waals surface area contributed by atoms with Crippen LogP contribution in [0.15, 0.2) is 11.0 Å². The van der Waals surface area contributed by atoms with Crippen LogP contribution in [0.2, 0.25) is 0 Å². The van der Waals surface area contributed by atoms with Crippen molar-refractivity contribution in [2.75, 3.05) is 5.75 Å². The molecular formula is C9H9NO5S. The van der Waals surface area contributed by atoms with Crippen LogP contribution in [0.1, 0.15) is 21.6 Å². The second kappa shape index (κ2) is 3.44. The largest absolute Gasteiger partial charge is 0.477 e. The van der Waals surface area contributed by atoms with E-state index in [4.69, 9.17) is 5.11 Å². The Morgan fingerprint density at radius 1 is 1.44 bits per heavy atom. The summed E-state index contributed by atoms with van der Waals surface area (Å²) < 4.78 is 22.7. The molecule has 16 heavy (non-hydrogen) atoms. The second-order valence-electron chi connectivity index (χ2n) is 3.64. The van der Waals surface area contributed by atoms with Gasteiger partial charge >= 0.3 is 5.97 Å². The molecule has 0 atom stereocenters. The lowest BCUT2D eigenvalue weighted by atomic mass is 10.1. The number of aromatic nitrogens is 1. The van der Waals surface area contributed by atoms with Crippen LogP contribution in [0.25, 0.3) is 0 Å². The Hall–Kier alpha value is -1.63. The Morgan fingerprint density at radius 3 is 2.75 bits per heavy atom. The van der Waals surface area contributed by atoms with Crippen molar-refractivity contribution >= 4 is 15.8 Å². The van der Waals surface area contributed by atoms with E-state index in [2.05, 4.69) is 4.98 Å². The van der Waals surface area contributed by atoms with Crippen LogP contribution in [-0.4, -0.2) is 30.2 Å². The highest BCUT2D eigenvalue weighted by Gasteiger charge is 2.26. The van der Waals surface area contributed by atoms with Gasteiger partial charge in [-0.3, -0.25) is 4.79 Å². The van der Waals surface area contributed by atoms with Gasteiger partial charge in [-0.15, -0.1) is 0 Å². The fraction of sp³-hybridized carbons (Fsp3) is 0.333. The lowest BCUT2D eigenvalue weighted by Crippen LogP contribution is -2.29. The number of hydrogen-bond acceptors (Lipinski definition) is 4. The summed E-state index contributed by atoms with van der Waals surface area (Å²) in [6, 6.07) is 0. The number of H-pyrrole nitrogens is 1. The molecular weight excluding hydrogens is 234 g/mol. The number of fused-ring (bicyclic) bond motifs is 1. The number of nitrogens with one attached hydrogen (secondary N) is 1. The van der Waals surface area contributed by atoms with Crippen LogP contribution < -0.4 is 5.43 Å². The van der Waals surface area contributed by atoms with E-state index in [9.17, 15) is 18.0 Å². The van der Waals surface area contributed by atoms with Crippen molar-refractivity contribution in [3.63, 3.8) is 0 Å². The number of carboxylic acid groups (broad SMARTS) is 1. The number of hydrogen-bond donors (Lipinski definition) is 2. The SMILES string of the molecule is O=C(O)c1c[nH]c2c(c1=O)CS(=O)(=O)CC2. The minimum absolute atomic E-state index is 0.0115. The van der Waals surface area contributed by atoms with Crippen molar-refractivity contribution in [1.29, 1.82) is 0 Å². The van der Waals surface area contributed by atoms with Gasteiger partial charge in [0.25, 0.3) is 0 Å². The summed E-state index contributed by atoms with van der Waals surface area (Å²) in [5, 5.41) is 8.73. The van der Waals surface area contributed by atoms with E-state index < -0.39 is 26.8 Å². The van der Waals surface area contributed by atoms with Crippen molar-refractivity contribution < 1.29 is 18.3 Å². The molecule has 0 saturated heterocycles. The van der Waals surface area contributed by atoms with Gasteiger partial charge < -0.3 is 10.1 Å². The maximum atomic E-state index is 11.7. The molecule has 0 bridgehead atoms.